The van der Waals surface area contributed by atoms with Crippen molar-refractivity contribution in [1.82, 2.24) is 14.8 Å². The molecule has 0 bridgehead atoms. The highest BCUT2D eigenvalue weighted by atomic mass is 32.2. The van der Waals surface area contributed by atoms with Gasteiger partial charge < -0.3 is 9.84 Å². The van der Waals surface area contributed by atoms with E-state index in [-0.39, 0.29) is 24.9 Å². The van der Waals surface area contributed by atoms with Crippen LogP contribution in [-0.4, -0.2) is 43.1 Å². The van der Waals surface area contributed by atoms with E-state index in [0.29, 0.717) is 30.8 Å². The van der Waals surface area contributed by atoms with E-state index in [4.69, 9.17) is 4.52 Å². The van der Waals surface area contributed by atoms with Crippen molar-refractivity contribution in [3.8, 4) is 11.3 Å². The van der Waals surface area contributed by atoms with Crippen LogP contribution in [-0.2, 0) is 21.4 Å². The first-order chi connectivity index (χ1) is 11.9. The number of rotatable bonds is 5. The van der Waals surface area contributed by atoms with Crippen LogP contribution in [0.15, 0.2) is 40.9 Å². The number of carbonyl (C=O) groups excluding carboxylic acids is 1. The Balaban J connectivity index is 1.57. The lowest BCUT2D eigenvalue weighted by molar-refractivity contribution is -0.126. The minimum atomic E-state index is -3.26. The van der Waals surface area contributed by atoms with Crippen LogP contribution in [0.5, 0.6) is 0 Å². The van der Waals surface area contributed by atoms with E-state index in [1.165, 1.54) is 10.6 Å². The van der Waals surface area contributed by atoms with E-state index < -0.39 is 10.0 Å². The molecule has 7 nitrogen and oxygen atoms in total. The monoisotopic (exact) mass is 363 g/mol. The predicted octanol–water partition coefficient (Wildman–Crippen LogP) is 1.63. The third-order valence-electron chi connectivity index (χ3n) is 4.29. The van der Waals surface area contributed by atoms with Crippen LogP contribution >= 0.6 is 0 Å². The van der Waals surface area contributed by atoms with Gasteiger partial charge >= 0.3 is 0 Å². The molecule has 1 aromatic heterocycles. The second-order valence-corrected chi connectivity index (χ2v) is 8.20. The second kappa shape index (κ2) is 7.37. The highest BCUT2D eigenvalue weighted by molar-refractivity contribution is 7.88. The van der Waals surface area contributed by atoms with Crippen LogP contribution in [0.2, 0.25) is 0 Å². The van der Waals surface area contributed by atoms with E-state index in [2.05, 4.69) is 10.5 Å². The Labute approximate surface area is 147 Å². The number of sulfonamides is 1. The van der Waals surface area contributed by atoms with Crippen molar-refractivity contribution in [3.05, 3.63) is 42.2 Å². The van der Waals surface area contributed by atoms with Gasteiger partial charge in [-0.3, -0.25) is 4.79 Å². The Bertz CT molecular complexity index is 833. The van der Waals surface area contributed by atoms with Crippen LogP contribution < -0.4 is 5.32 Å². The molecule has 25 heavy (non-hydrogen) atoms. The zero-order chi connectivity index (χ0) is 17.9. The number of hydrogen-bond donors (Lipinski definition) is 1. The quantitative estimate of drug-likeness (QED) is 0.872. The van der Waals surface area contributed by atoms with Crippen molar-refractivity contribution < 1.29 is 17.7 Å². The molecule has 8 heteroatoms. The smallest absolute Gasteiger partial charge is 0.224 e. The fraction of sp³-hybridized carbons (Fsp3) is 0.412. The summed E-state index contributed by atoms with van der Waals surface area (Å²) >= 11 is 0. The molecule has 1 saturated heterocycles. The Morgan fingerprint density at radius 1 is 1.36 bits per heavy atom. The molecule has 1 fully saturated rings. The summed E-state index contributed by atoms with van der Waals surface area (Å²) < 4.78 is 29.9. The molecule has 0 aliphatic carbocycles. The van der Waals surface area contributed by atoms with Crippen LogP contribution in [0.25, 0.3) is 11.3 Å². The summed E-state index contributed by atoms with van der Waals surface area (Å²) in [7, 11) is -3.26. The molecule has 1 unspecified atom stereocenters. The maximum atomic E-state index is 12.3. The van der Waals surface area contributed by atoms with Crippen molar-refractivity contribution in [2.24, 2.45) is 5.92 Å². The molecule has 3 rings (SSSR count). The standard InChI is InChI=1S/C17H21N3O4S/c1-25(22,23)20-9-5-8-14(12-20)17(21)18-11-15-10-16(19-24-15)13-6-3-2-4-7-13/h2-4,6-7,10,14H,5,8-9,11-12H2,1H3,(H,18,21). The Hall–Kier alpha value is -2.19. The van der Waals surface area contributed by atoms with Gasteiger partial charge in [-0.1, -0.05) is 35.5 Å². The van der Waals surface area contributed by atoms with Gasteiger partial charge in [-0.05, 0) is 12.8 Å². The molecule has 1 N–H and O–H groups in total. The summed E-state index contributed by atoms with van der Waals surface area (Å²) in [6, 6.07) is 11.4. The molecule has 1 amide bonds. The van der Waals surface area contributed by atoms with E-state index in [1.807, 2.05) is 30.3 Å². The largest absolute Gasteiger partial charge is 0.359 e. The SMILES string of the molecule is CS(=O)(=O)N1CCCC(C(=O)NCc2cc(-c3ccccc3)no2)C1. The summed E-state index contributed by atoms with van der Waals surface area (Å²) in [6.07, 6.45) is 2.54. The fourth-order valence-corrected chi connectivity index (χ4v) is 3.83. The number of benzene rings is 1. The number of amides is 1. The van der Waals surface area contributed by atoms with Crippen molar-refractivity contribution in [2.75, 3.05) is 19.3 Å². The van der Waals surface area contributed by atoms with Gasteiger partial charge in [0.2, 0.25) is 15.9 Å². The molecule has 1 atom stereocenters. The Morgan fingerprint density at radius 2 is 2.12 bits per heavy atom. The fourth-order valence-electron chi connectivity index (χ4n) is 2.92. The van der Waals surface area contributed by atoms with Crippen LogP contribution in [0.4, 0.5) is 0 Å². The van der Waals surface area contributed by atoms with Gasteiger partial charge in [-0.2, -0.15) is 0 Å². The van der Waals surface area contributed by atoms with Gasteiger partial charge in [0, 0.05) is 24.7 Å². The zero-order valence-electron chi connectivity index (χ0n) is 14.0. The van der Waals surface area contributed by atoms with Crippen LogP contribution in [0.3, 0.4) is 0 Å². The number of hydrogen-bond acceptors (Lipinski definition) is 5. The third-order valence-corrected chi connectivity index (χ3v) is 5.56. The van der Waals surface area contributed by atoms with E-state index in [0.717, 1.165) is 5.56 Å². The number of nitrogens with zero attached hydrogens (tertiary/aromatic N) is 2. The topological polar surface area (TPSA) is 92.5 Å². The molecule has 2 heterocycles. The van der Waals surface area contributed by atoms with Gasteiger partial charge in [0.05, 0.1) is 18.7 Å². The summed E-state index contributed by atoms with van der Waals surface area (Å²) in [6.45, 7) is 0.940. The first-order valence-corrected chi connectivity index (χ1v) is 10.0. The van der Waals surface area contributed by atoms with Gasteiger partial charge in [0.15, 0.2) is 5.76 Å². The molecule has 1 aliphatic heterocycles. The first kappa shape index (κ1) is 17.6. The number of aromatic nitrogens is 1. The molecule has 1 aromatic carbocycles. The van der Waals surface area contributed by atoms with Crippen molar-refractivity contribution in [2.45, 2.75) is 19.4 Å². The number of nitrogens with one attached hydrogen (secondary N) is 1. The zero-order valence-corrected chi connectivity index (χ0v) is 14.8. The third kappa shape index (κ3) is 4.46. The molecular formula is C17H21N3O4S. The summed E-state index contributed by atoms with van der Waals surface area (Å²) in [5, 5.41) is 6.82. The summed E-state index contributed by atoms with van der Waals surface area (Å²) in [5.41, 5.74) is 1.66. The minimum absolute atomic E-state index is 0.161. The average Bonchev–Trinajstić information content (AvgIpc) is 3.09. The maximum Gasteiger partial charge on any atom is 0.224 e. The van der Waals surface area contributed by atoms with Crippen molar-refractivity contribution in [3.63, 3.8) is 0 Å². The number of piperidine rings is 1. The van der Waals surface area contributed by atoms with E-state index in [9.17, 15) is 13.2 Å². The lowest BCUT2D eigenvalue weighted by Crippen LogP contribution is -2.44. The van der Waals surface area contributed by atoms with Gasteiger partial charge in [0.25, 0.3) is 0 Å². The Morgan fingerprint density at radius 3 is 2.84 bits per heavy atom. The normalized spacial score (nSPS) is 18.8. The van der Waals surface area contributed by atoms with Crippen molar-refractivity contribution >= 4 is 15.9 Å². The lowest BCUT2D eigenvalue weighted by Gasteiger charge is -2.29. The number of carbonyl (C=O) groups is 1. The Kier molecular flexibility index (Phi) is 5.19. The summed E-state index contributed by atoms with van der Waals surface area (Å²) in [4.78, 5) is 12.3. The van der Waals surface area contributed by atoms with Crippen LogP contribution in [0.1, 0.15) is 18.6 Å². The second-order valence-electron chi connectivity index (χ2n) is 6.22. The summed E-state index contributed by atoms with van der Waals surface area (Å²) in [5.74, 6) is 0.0639. The molecule has 0 saturated carbocycles. The highest BCUT2D eigenvalue weighted by Gasteiger charge is 2.30. The first-order valence-electron chi connectivity index (χ1n) is 8.17. The highest BCUT2D eigenvalue weighted by Crippen LogP contribution is 2.20. The molecule has 1 aliphatic rings. The van der Waals surface area contributed by atoms with Crippen molar-refractivity contribution in [1.29, 1.82) is 0 Å². The molecule has 2 aromatic rings. The van der Waals surface area contributed by atoms with Gasteiger partial charge in [-0.15, -0.1) is 0 Å². The molecular weight excluding hydrogens is 342 g/mol. The average molecular weight is 363 g/mol. The maximum absolute atomic E-state index is 12.3. The van der Waals surface area contributed by atoms with Gasteiger partial charge in [-0.25, -0.2) is 12.7 Å². The van der Waals surface area contributed by atoms with Crippen LogP contribution in [0, 0.1) is 5.92 Å². The van der Waals surface area contributed by atoms with E-state index >= 15 is 0 Å². The van der Waals surface area contributed by atoms with Gasteiger partial charge in [0.1, 0.15) is 5.69 Å². The minimum Gasteiger partial charge on any atom is -0.359 e. The molecule has 0 spiro atoms. The molecule has 134 valence electrons. The predicted molar refractivity (Wildman–Crippen MR) is 92.9 cm³/mol. The van der Waals surface area contributed by atoms with E-state index in [1.54, 1.807) is 6.07 Å². The lowest BCUT2D eigenvalue weighted by atomic mass is 9.99. The molecule has 0 radical (unpaired) electrons.